The summed E-state index contributed by atoms with van der Waals surface area (Å²) >= 11 is 5.74. The van der Waals surface area contributed by atoms with Crippen molar-refractivity contribution >= 4 is 27.5 Å². The smallest absolute Gasteiger partial charge is 0.349 e. The normalized spacial score (nSPS) is 12.2. The maximum absolute atomic E-state index is 12.6. The molecule has 0 N–H and O–H groups in total. The van der Waals surface area contributed by atoms with Crippen molar-refractivity contribution in [3.05, 3.63) is 47.1 Å². The number of nitrogens with zero attached hydrogens (tertiary/aromatic N) is 2. The molecule has 0 saturated heterocycles. The highest BCUT2D eigenvalue weighted by Crippen LogP contribution is 2.20. The molecule has 0 bridgehead atoms. The Hall–Kier alpha value is -2.06. The Morgan fingerprint density at radius 1 is 1.21 bits per heavy atom. The van der Waals surface area contributed by atoms with Crippen molar-refractivity contribution in [3.63, 3.8) is 0 Å². The van der Waals surface area contributed by atoms with Gasteiger partial charge in [0.2, 0.25) is 5.91 Å². The van der Waals surface area contributed by atoms with E-state index < -0.39 is 27.0 Å². The molecule has 0 aliphatic carbocycles. The number of imidazole rings is 1. The zero-order valence-electron chi connectivity index (χ0n) is 13.4. The van der Waals surface area contributed by atoms with Crippen LogP contribution in [0.3, 0.4) is 0 Å². The van der Waals surface area contributed by atoms with Gasteiger partial charge in [0.1, 0.15) is 5.75 Å². The van der Waals surface area contributed by atoms with Gasteiger partial charge in [0.05, 0.1) is 17.4 Å². The van der Waals surface area contributed by atoms with Crippen molar-refractivity contribution in [2.45, 2.75) is 18.7 Å². The van der Waals surface area contributed by atoms with Crippen molar-refractivity contribution in [1.29, 1.82) is 0 Å². The van der Waals surface area contributed by atoms with Crippen molar-refractivity contribution in [3.8, 4) is 5.75 Å². The second kappa shape index (κ2) is 6.45. The summed E-state index contributed by atoms with van der Waals surface area (Å²) in [5, 5.41) is 0. The number of methoxy groups -OCH3 is 1. The van der Waals surface area contributed by atoms with Crippen LogP contribution in [-0.2, 0) is 10.0 Å². The molecule has 0 fully saturated rings. The monoisotopic (exact) mass is 372 g/mol. The minimum absolute atomic E-state index is 0.00527. The lowest BCUT2D eigenvalue weighted by Gasteiger charge is -2.18. The van der Waals surface area contributed by atoms with Crippen LogP contribution in [0.25, 0.3) is 0 Å². The molecular weight excluding hydrogens is 356 g/mol. The van der Waals surface area contributed by atoms with Crippen LogP contribution in [0.2, 0.25) is 0 Å². The number of aromatic nitrogens is 2. The van der Waals surface area contributed by atoms with Crippen LogP contribution in [0.15, 0.2) is 46.3 Å². The van der Waals surface area contributed by atoms with E-state index in [4.69, 9.17) is 16.3 Å². The van der Waals surface area contributed by atoms with Crippen LogP contribution < -0.4 is 10.4 Å². The molecule has 0 aliphatic heterocycles. The summed E-state index contributed by atoms with van der Waals surface area (Å²) in [6.45, 7) is 3.15. The third-order valence-corrected chi connectivity index (χ3v) is 5.83. The summed E-state index contributed by atoms with van der Waals surface area (Å²) in [5.41, 5.74) is -1.96. The number of benzene rings is 1. The number of hydrogen-bond donors (Lipinski definition) is 0. The fourth-order valence-electron chi connectivity index (χ4n) is 1.94. The molecule has 130 valence electrons. The molecule has 0 unspecified atom stereocenters. The molecule has 1 aromatic carbocycles. The van der Waals surface area contributed by atoms with E-state index in [1.807, 2.05) is 0 Å². The van der Waals surface area contributed by atoms with Gasteiger partial charge in [0.25, 0.3) is 10.0 Å². The van der Waals surface area contributed by atoms with Crippen LogP contribution >= 0.6 is 11.6 Å². The second-order valence-electron chi connectivity index (χ2n) is 5.75. The maximum Gasteiger partial charge on any atom is 0.349 e. The van der Waals surface area contributed by atoms with E-state index in [2.05, 4.69) is 0 Å². The van der Waals surface area contributed by atoms with Crippen LogP contribution in [0.1, 0.15) is 18.6 Å². The molecule has 0 amide bonds. The van der Waals surface area contributed by atoms with Gasteiger partial charge in [-0.1, -0.05) is 0 Å². The highest BCUT2D eigenvalue weighted by atomic mass is 35.5. The Morgan fingerprint density at radius 3 is 2.29 bits per heavy atom. The fraction of sp³-hybridized carbons (Fsp3) is 0.333. The largest absolute Gasteiger partial charge is 0.497 e. The van der Waals surface area contributed by atoms with Gasteiger partial charge >= 0.3 is 5.69 Å². The fourth-order valence-corrected chi connectivity index (χ4v) is 3.27. The lowest BCUT2D eigenvalue weighted by atomic mass is 9.95. The molecule has 0 aliphatic rings. The summed E-state index contributed by atoms with van der Waals surface area (Å²) in [6, 6.07) is 5.58. The number of alkyl halides is 1. The third kappa shape index (κ3) is 3.11. The number of carbonyl (C=O) groups excluding carboxylic acids is 1. The SMILES string of the molecule is COc1ccc(S(=O)(=O)n2ccn(C(=O)C(C)(C)CCl)c2=O)cc1. The Kier molecular flexibility index (Phi) is 4.91. The summed E-state index contributed by atoms with van der Waals surface area (Å²) in [7, 11) is -2.66. The first-order valence-corrected chi connectivity index (χ1v) is 8.93. The number of hydrogen-bond acceptors (Lipinski definition) is 5. The van der Waals surface area contributed by atoms with E-state index in [1.165, 1.54) is 31.4 Å². The molecule has 9 heteroatoms. The van der Waals surface area contributed by atoms with Gasteiger partial charge in [0.15, 0.2) is 0 Å². The minimum Gasteiger partial charge on any atom is -0.497 e. The van der Waals surface area contributed by atoms with Gasteiger partial charge in [-0.3, -0.25) is 4.79 Å². The van der Waals surface area contributed by atoms with Crippen LogP contribution in [0, 0.1) is 5.41 Å². The van der Waals surface area contributed by atoms with Crippen LogP contribution in [-0.4, -0.2) is 35.9 Å². The first-order chi connectivity index (χ1) is 11.1. The molecule has 0 radical (unpaired) electrons. The zero-order chi connectivity index (χ0) is 18.1. The Bertz CT molecular complexity index is 910. The van der Waals surface area contributed by atoms with Crippen LogP contribution in [0.4, 0.5) is 0 Å². The molecule has 2 rings (SSSR count). The quantitative estimate of drug-likeness (QED) is 0.747. The Labute approximate surface area is 144 Å². The van der Waals surface area contributed by atoms with Crippen molar-refractivity contribution < 1.29 is 17.9 Å². The lowest BCUT2D eigenvalue weighted by Crippen LogP contribution is -2.39. The first-order valence-electron chi connectivity index (χ1n) is 6.95. The maximum atomic E-state index is 12.6. The predicted octanol–water partition coefficient (Wildman–Crippen LogP) is 1.80. The third-order valence-electron chi connectivity index (χ3n) is 3.49. The molecule has 0 atom stereocenters. The summed E-state index contributed by atoms with van der Waals surface area (Å²) < 4.78 is 31.4. The van der Waals surface area contributed by atoms with Gasteiger partial charge in [0, 0.05) is 18.3 Å². The highest BCUT2D eigenvalue weighted by molar-refractivity contribution is 7.90. The first kappa shape index (κ1) is 18.3. The van der Waals surface area contributed by atoms with E-state index in [1.54, 1.807) is 13.8 Å². The number of halogens is 1. The molecule has 0 saturated carbocycles. The van der Waals surface area contributed by atoms with Crippen molar-refractivity contribution in [2.75, 3.05) is 13.0 Å². The van der Waals surface area contributed by atoms with Crippen LogP contribution in [0.5, 0.6) is 5.75 Å². The van der Waals surface area contributed by atoms with E-state index in [9.17, 15) is 18.0 Å². The highest BCUT2D eigenvalue weighted by Gasteiger charge is 2.31. The number of ether oxygens (including phenoxy) is 1. The average Bonchev–Trinajstić information content (AvgIpc) is 2.96. The summed E-state index contributed by atoms with van der Waals surface area (Å²) in [5.74, 6) is -0.0987. The van der Waals surface area contributed by atoms with E-state index in [0.717, 1.165) is 17.0 Å². The molecule has 1 heterocycles. The lowest BCUT2D eigenvalue weighted by molar-refractivity contribution is 0.0766. The Balaban J connectivity index is 2.50. The van der Waals surface area contributed by atoms with Gasteiger partial charge < -0.3 is 4.74 Å². The number of rotatable bonds is 5. The van der Waals surface area contributed by atoms with Crippen molar-refractivity contribution in [1.82, 2.24) is 8.54 Å². The molecular formula is C15H17ClN2O5S. The minimum atomic E-state index is -4.12. The van der Waals surface area contributed by atoms with Gasteiger partial charge in [-0.15, -0.1) is 11.6 Å². The topological polar surface area (TPSA) is 87.4 Å². The zero-order valence-corrected chi connectivity index (χ0v) is 15.0. The van der Waals surface area contributed by atoms with E-state index >= 15 is 0 Å². The van der Waals surface area contributed by atoms with Gasteiger partial charge in [-0.25, -0.2) is 17.8 Å². The van der Waals surface area contributed by atoms with E-state index in [-0.39, 0.29) is 10.8 Å². The second-order valence-corrected chi connectivity index (χ2v) is 7.83. The average molecular weight is 373 g/mol. The standard InChI is InChI=1S/C15H17ClN2O5S/c1-15(2,10-16)13(19)17-8-9-18(14(17)20)24(21,22)12-6-4-11(23-3)5-7-12/h4-9H,10H2,1-3H3. The molecule has 1 aromatic heterocycles. The Morgan fingerprint density at radius 2 is 1.79 bits per heavy atom. The van der Waals surface area contributed by atoms with Crippen molar-refractivity contribution in [2.24, 2.45) is 5.41 Å². The van der Waals surface area contributed by atoms with Gasteiger partial charge in [-0.2, -0.15) is 3.97 Å². The summed E-state index contributed by atoms with van der Waals surface area (Å²) in [4.78, 5) is 24.6. The van der Waals surface area contributed by atoms with E-state index in [0.29, 0.717) is 9.72 Å². The predicted molar refractivity (Wildman–Crippen MR) is 89.4 cm³/mol. The molecule has 24 heavy (non-hydrogen) atoms. The number of carbonyl (C=O) groups is 1. The molecule has 2 aromatic rings. The van der Waals surface area contributed by atoms with Gasteiger partial charge in [-0.05, 0) is 38.1 Å². The molecule has 7 nitrogen and oxygen atoms in total. The molecule has 0 spiro atoms. The summed E-state index contributed by atoms with van der Waals surface area (Å²) in [6.07, 6.45) is 2.17.